The molecule has 2 heterocycles. The van der Waals surface area contributed by atoms with E-state index < -0.39 is 11.9 Å². The van der Waals surface area contributed by atoms with Gasteiger partial charge in [-0.15, -0.1) is 0 Å². The van der Waals surface area contributed by atoms with Crippen LogP contribution in [0, 0.1) is 0 Å². The van der Waals surface area contributed by atoms with E-state index in [9.17, 15) is 9.59 Å². The van der Waals surface area contributed by atoms with Gasteiger partial charge in [0.2, 0.25) is 0 Å². The number of nitrogens with zero attached hydrogens (tertiary/aromatic N) is 1. The summed E-state index contributed by atoms with van der Waals surface area (Å²) in [4.78, 5) is 26.9. The predicted molar refractivity (Wildman–Crippen MR) is 138 cm³/mol. The zero-order valence-corrected chi connectivity index (χ0v) is 20.0. The van der Waals surface area contributed by atoms with Gasteiger partial charge in [0.05, 0.1) is 17.9 Å². The highest BCUT2D eigenvalue weighted by Crippen LogP contribution is 2.47. The van der Waals surface area contributed by atoms with E-state index >= 15 is 0 Å². The molecule has 35 heavy (non-hydrogen) atoms. The number of hydrogen-bond donors (Lipinski definition) is 1. The number of Topliss-reactive ketones (excluding diaryl/α,β-unsaturated/α-hetero) is 1. The van der Waals surface area contributed by atoms with E-state index in [1.54, 1.807) is 6.92 Å². The minimum absolute atomic E-state index is 0.0431. The van der Waals surface area contributed by atoms with Crippen molar-refractivity contribution < 1.29 is 14.3 Å². The summed E-state index contributed by atoms with van der Waals surface area (Å²) in [6.45, 7) is 6.95. The van der Waals surface area contributed by atoms with Crippen LogP contribution in [0.15, 0.2) is 83.6 Å². The number of ether oxygens (including phenoxy) is 1. The van der Waals surface area contributed by atoms with Crippen molar-refractivity contribution in [3.8, 4) is 0 Å². The Hall–Kier alpha value is -4.12. The molecule has 3 aromatic carbocycles. The van der Waals surface area contributed by atoms with Gasteiger partial charge < -0.3 is 14.6 Å². The molecular weight excluding hydrogens is 436 g/mol. The van der Waals surface area contributed by atoms with E-state index in [1.165, 1.54) is 5.52 Å². The molecule has 0 saturated carbocycles. The summed E-state index contributed by atoms with van der Waals surface area (Å²) in [5.74, 6) is -0.953. The number of para-hydroxylation sites is 1. The van der Waals surface area contributed by atoms with E-state index in [2.05, 4.69) is 53.2 Å². The molecule has 1 N–H and O–H groups in total. The summed E-state index contributed by atoms with van der Waals surface area (Å²) in [6, 6.07) is 22.3. The predicted octanol–water partition coefficient (Wildman–Crippen LogP) is 5.95. The van der Waals surface area contributed by atoms with Crippen molar-refractivity contribution in [1.82, 2.24) is 9.88 Å². The molecule has 4 aromatic rings. The molecule has 2 aliphatic rings. The van der Waals surface area contributed by atoms with Gasteiger partial charge in [-0.3, -0.25) is 4.79 Å². The number of fused-ring (bicyclic) bond motifs is 5. The van der Waals surface area contributed by atoms with Crippen molar-refractivity contribution in [3.63, 3.8) is 0 Å². The van der Waals surface area contributed by atoms with E-state index in [-0.39, 0.29) is 12.4 Å². The smallest absolute Gasteiger partial charge is 0.336 e. The first kappa shape index (κ1) is 21.4. The van der Waals surface area contributed by atoms with Crippen molar-refractivity contribution in [1.29, 1.82) is 0 Å². The van der Waals surface area contributed by atoms with E-state index in [4.69, 9.17) is 4.74 Å². The number of benzene rings is 3. The van der Waals surface area contributed by atoms with Gasteiger partial charge in [-0.1, -0.05) is 48.5 Å². The molecule has 0 amide bonds. The van der Waals surface area contributed by atoms with Gasteiger partial charge in [-0.2, -0.15) is 0 Å². The lowest BCUT2D eigenvalue weighted by atomic mass is 9.79. The molecule has 0 saturated heterocycles. The first-order valence-electron chi connectivity index (χ1n) is 12.1. The van der Waals surface area contributed by atoms with Crippen LogP contribution in [0.4, 0.5) is 0 Å². The number of rotatable bonds is 4. The second-order valence-electron chi connectivity index (χ2n) is 9.02. The fourth-order valence-corrected chi connectivity index (χ4v) is 5.73. The molecule has 1 unspecified atom stereocenters. The Balaban J connectivity index is 1.62. The summed E-state index contributed by atoms with van der Waals surface area (Å²) in [6.07, 6.45) is 0. The van der Waals surface area contributed by atoms with Crippen molar-refractivity contribution in [2.45, 2.75) is 33.2 Å². The molecule has 1 aromatic heterocycles. The van der Waals surface area contributed by atoms with Crippen LogP contribution in [-0.4, -0.2) is 22.9 Å². The Kier molecular flexibility index (Phi) is 4.88. The number of ketones is 1. The summed E-state index contributed by atoms with van der Waals surface area (Å²) in [5.41, 5.74) is 7.37. The average Bonchev–Trinajstić information content (AvgIpc) is 3.35. The number of carbonyl (C=O) groups excluding carboxylic acids is 2. The number of aryl methyl sites for hydroxylation is 1. The first-order chi connectivity index (χ1) is 17.0. The Bertz CT molecular complexity index is 1620. The van der Waals surface area contributed by atoms with Crippen LogP contribution in [0.1, 0.15) is 48.2 Å². The third-order valence-electron chi connectivity index (χ3n) is 7.19. The number of dihydropyridines is 1. The molecule has 0 spiro atoms. The maximum absolute atomic E-state index is 13.7. The number of esters is 1. The fourth-order valence-electron chi connectivity index (χ4n) is 5.73. The Morgan fingerprint density at radius 2 is 1.66 bits per heavy atom. The molecule has 174 valence electrons. The standard InChI is InChI=1S/C30H26N2O3/c1-4-32-23-13-9-8-10-19(23)22-16-18(14-15-24(22)32)26-25(30(34)35-5-2)17(3)31-28-20-11-6-7-12-21(20)29(33)27(26)28/h6-16,26,31H,4-5H2,1-3H3. The average molecular weight is 463 g/mol. The van der Waals surface area contributed by atoms with Crippen molar-refractivity contribution in [2.24, 2.45) is 0 Å². The van der Waals surface area contributed by atoms with Gasteiger partial charge >= 0.3 is 5.97 Å². The molecule has 0 fully saturated rings. The SMILES string of the molecule is CCOC(=O)C1=C(C)NC2=C(C(=O)c3ccccc32)C1c1ccc2c(c1)c1ccccc1n2CC. The topological polar surface area (TPSA) is 60.3 Å². The molecule has 1 aliphatic heterocycles. The lowest BCUT2D eigenvalue weighted by Gasteiger charge is -2.29. The highest BCUT2D eigenvalue weighted by molar-refractivity contribution is 6.23. The number of aromatic nitrogens is 1. The maximum atomic E-state index is 13.7. The van der Waals surface area contributed by atoms with Crippen LogP contribution in [0.5, 0.6) is 0 Å². The summed E-state index contributed by atoms with van der Waals surface area (Å²) in [5, 5.41) is 5.64. The van der Waals surface area contributed by atoms with E-state index in [0.717, 1.165) is 39.7 Å². The zero-order valence-electron chi connectivity index (χ0n) is 20.0. The Morgan fingerprint density at radius 1 is 0.943 bits per heavy atom. The first-order valence-corrected chi connectivity index (χ1v) is 12.1. The molecule has 5 heteroatoms. The van der Waals surface area contributed by atoms with Crippen molar-refractivity contribution in [2.75, 3.05) is 6.61 Å². The number of carbonyl (C=O) groups is 2. The van der Waals surface area contributed by atoms with Gasteiger partial charge in [0.25, 0.3) is 0 Å². The molecule has 1 atom stereocenters. The normalized spacial score (nSPS) is 17.1. The lowest BCUT2D eigenvalue weighted by Crippen LogP contribution is -2.29. The van der Waals surface area contributed by atoms with Gasteiger partial charge in [0.15, 0.2) is 5.78 Å². The fraction of sp³-hybridized carbons (Fsp3) is 0.200. The third-order valence-corrected chi connectivity index (χ3v) is 7.19. The second kappa shape index (κ2) is 7.98. The van der Waals surface area contributed by atoms with Crippen LogP contribution >= 0.6 is 0 Å². The minimum atomic E-state index is -0.515. The molecule has 0 bridgehead atoms. The molecular formula is C30H26N2O3. The van der Waals surface area contributed by atoms with Gasteiger partial charge in [-0.05, 0) is 44.5 Å². The van der Waals surface area contributed by atoms with Crippen LogP contribution < -0.4 is 5.32 Å². The van der Waals surface area contributed by atoms with Gasteiger partial charge in [-0.25, -0.2) is 4.79 Å². The highest BCUT2D eigenvalue weighted by atomic mass is 16.5. The number of hydrogen-bond acceptors (Lipinski definition) is 4. The summed E-state index contributed by atoms with van der Waals surface area (Å²) >= 11 is 0. The maximum Gasteiger partial charge on any atom is 0.336 e. The lowest BCUT2D eigenvalue weighted by molar-refractivity contribution is -0.138. The molecule has 1 aliphatic carbocycles. The number of allylic oxidation sites excluding steroid dienone is 2. The Morgan fingerprint density at radius 3 is 2.43 bits per heavy atom. The van der Waals surface area contributed by atoms with Gasteiger partial charge in [0.1, 0.15) is 0 Å². The Labute approximate surface area is 203 Å². The second-order valence-corrected chi connectivity index (χ2v) is 9.02. The van der Waals surface area contributed by atoms with Gasteiger partial charge in [0, 0.05) is 56.7 Å². The van der Waals surface area contributed by atoms with Crippen LogP contribution in [0.3, 0.4) is 0 Å². The van der Waals surface area contributed by atoms with Crippen LogP contribution in [0.2, 0.25) is 0 Å². The molecule has 5 nitrogen and oxygen atoms in total. The van der Waals surface area contributed by atoms with Crippen molar-refractivity contribution >= 4 is 39.3 Å². The quantitative estimate of drug-likeness (QED) is 0.381. The minimum Gasteiger partial charge on any atom is -0.463 e. The number of nitrogens with one attached hydrogen (secondary N) is 1. The summed E-state index contributed by atoms with van der Waals surface area (Å²) < 4.78 is 7.77. The van der Waals surface area contributed by atoms with E-state index in [1.807, 2.05) is 37.3 Å². The van der Waals surface area contributed by atoms with Crippen LogP contribution in [-0.2, 0) is 16.1 Å². The zero-order chi connectivity index (χ0) is 24.3. The van der Waals surface area contributed by atoms with Crippen LogP contribution in [0.25, 0.3) is 27.5 Å². The molecule has 6 rings (SSSR count). The van der Waals surface area contributed by atoms with Crippen molar-refractivity contribution in [3.05, 3.63) is 100 Å². The van der Waals surface area contributed by atoms with E-state index in [0.29, 0.717) is 22.4 Å². The third kappa shape index (κ3) is 3.01. The highest BCUT2D eigenvalue weighted by Gasteiger charge is 2.43. The summed E-state index contributed by atoms with van der Waals surface area (Å²) in [7, 11) is 0. The molecule has 0 radical (unpaired) electrons. The monoisotopic (exact) mass is 462 g/mol. The largest absolute Gasteiger partial charge is 0.463 e.